The number of aryl methyl sites for hydroxylation is 2. The molecule has 0 aliphatic rings. The van der Waals surface area contributed by atoms with Crippen LogP contribution in [0, 0.1) is 0 Å². The van der Waals surface area contributed by atoms with Gasteiger partial charge in [-0.3, -0.25) is 14.7 Å². The molecule has 3 N–H and O–H groups in total. The van der Waals surface area contributed by atoms with Gasteiger partial charge in [-0.15, -0.1) is 0 Å². The van der Waals surface area contributed by atoms with Crippen molar-refractivity contribution >= 4 is 23.3 Å². The summed E-state index contributed by atoms with van der Waals surface area (Å²) in [5.74, 6) is 1.40. The van der Waals surface area contributed by atoms with Crippen LogP contribution in [0.5, 0.6) is 17.2 Å². The Morgan fingerprint density at radius 2 is 1.69 bits per heavy atom. The minimum absolute atomic E-state index is 0.248. The molecule has 0 aliphatic carbocycles. The van der Waals surface area contributed by atoms with Gasteiger partial charge in [0.25, 0.3) is 5.91 Å². The van der Waals surface area contributed by atoms with E-state index in [1.807, 2.05) is 18.2 Å². The molecule has 0 radical (unpaired) electrons. The van der Waals surface area contributed by atoms with E-state index < -0.39 is 11.8 Å². The van der Waals surface area contributed by atoms with Gasteiger partial charge in [0.05, 0.1) is 32.1 Å². The van der Waals surface area contributed by atoms with E-state index in [1.54, 1.807) is 45.6 Å². The molecule has 3 aromatic rings. The van der Waals surface area contributed by atoms with Gasteiger partial charge in [-0.25, -0.2) is 0 Å². The first-order chi connectivity index (χ1) is 17.4. The lowest BCUT2D eigenvalue weighted by molar-refractivity contribution is -0.111. The first kappa shape index (κ1) is 26.3. The number of H-pyrrole nitrogens is 1. The molecule has 0 aliphatic heterocycles. The maximum atomic E-state index is 13.0. The highest BCUT2D eigenvalue weighted by molar-refractivity contribution is 6.11. The second-order valence-electron chi connectivity index (χ2n) is 7.70. The molecule has 1 heterocycles. The molecule has 0 atom stereocenters. The number of nitrogens with zero attached hydrogens (tertiary/aromatic N) is 1. The van der Waals surface area contributed by atoms with Gasteiger partial charge in [0, 0.05) is 31.0 Å². The molecular formula is C26H30N4O6. The topological polar surface area (TPSA) is 124 Å². The number of carbonyl (C=O) groups is 2. The lowest BCUT2D eigenvalue weighted by Crippen LogP contribution is -2.17. The average Bonchev–Trinajstić information content (AvgIpc) is 3.34. The molecule has 190 valence electrons. The van der Waals surface area contributed by atoms with Gasteiger partial charge in [-0.05, 0) is 48.7 Å². The normalized spacial score (nSPS) is 10.4. The largest absolute Gasteiger partial charge is 0.497 e. The summed E-state index contributed by atoms with van der Waals surface area (Å²) >= 11 is 0. The smallest absolute Gasteiger partial charge is 0.258 e. The number of benzene rings is 2. The van der Waals surface area contributed by atoms with Crippen molar-refractivity contribution < 1.29 is 28.5 Å². The number of amides is 2. The number of aromatic nitrogens is 2. The molecule has 0 spiro atoms. The molecule has 36 heavy (non-hydrogen) atoms. The quantitative estimate of drug-likeness (QED) is 0.245. The molecule has 10 nitrogen and oxygen atoms in total. The van der Waals surface area contributed by atoms with Crippen molar-refractivity contribution in [3.05, 3.63) is 71.9 Å². The molecule has 0 bridgehead atoms. The molecule has 2 amide bonds. The van der Waals surface area contributed by atoms with E-state index in [4.69, 9.17) is 18.9 Å². The standard InChI is InChI=1S/C26H30N4O6/c1-5-25(31)27-23-16-19(36-11-10-33-2)8-9-22(23)26(32)28-24-14-18(29-30-24)7-6-17-12-20(34-3)15-21(13-17)35-4/h5,8-9,12-16H,1,6-7,10-11H2,2-4H3,(H,27,31)(H2,28,29,30,32). The van der Waals surface area contributed by atoms with E-state index in [-0.39, 0.29) is 11.3 Å². The first-order valence-electron chi connectivity index (χ1n) is 11.2. The number of hydrogen-bond acceptors (Lipinski definition) is 7. The van der Waals surface area contributed by atoms with Gasteiger partial charge in [-0.1, -0.05) is 6.58 Å². The highest BCUT2D eigenvalue weighted by atomic mass is 16.5. The zero-order chi connectivity index (χ0) is 25.9. The van der Waals surface area contributed by atoms with Crippen LogP contribution < -0.4 is 24.8 Å². The average molecular weight is 495 g/mol. The molecule has 10 heteroatoms. The predicted octanol–water partition coefficient (Wildman–Crippen LogP) is 3.61. The van der Waals surface area contributed by atoms with Crippen molar-refractivity contribution in [1.82, 2.24) is 10.2 Å². The van der Waals surface area contributed by atoms with E-state index in [2.05, 4.69) is 27.4 Å². The summed E-state index contributed by atoms with van der Waals surface area (Å²) < 4.78 is 21.2. The van der Waals surface area contributed by atoms with Crippen molar-refractivity contribution in [2.24, 2.45) is 0 Å². The monoisotopic (exact) mass is 494 g/mol. The summed E-state index contributed by atoms with van der Waals surface area (Å²) in [4.78, 5) is 24.9. The van der Waals surface area contributed by atoms with Crippen LogP contribution in [-0.4, -0.2) is 56.6 Å². The van der Waals surface area contributed by atoms with Crippen LogP contribution >= 0.6 is 0 Å². The molecule has 3 rings (SSSR count). The van der Waals surface area contributed by atoms with Crippen molar-refractivity contribution in [2.45, 2.75) is 12.8 Å². The number of nitrogens with one attached hydrogen (secondary N) is 3. The molecular weight excluding hydrogens is 464 g/mol. The van der Waals surface area contributed by atoms with E-state index in [0.29, 0.717) is 37.6 Å². The van der Waals surface area contributed by atoms with Crippen LogP contribution in [0.25, 0.3) is 0 Å². The zero-order valence-electron chi connectivity index (χ0n) is 20.6. The van der Waals surface area contributed by atoms with Gasteiger partial charge < -0.3 is 29.6 Å². The minimum Gasteiger partial charge on any atom is -0.497 e. The highest BCUT2D eigenvalue weighted by Crippen LogP contribution is 2.25. The van der Waals surface area contributed by atoms with Crippen molar-refractivity contribution in [2.75, 3.05) is 45.2 Å². The van der Waals surface area contributed by atoms with Crippen LogP contribution in [0.2, 0.25) is 0 Å². The van der Waals surface area contributed by atoms with E-state index in [0.717, 1.165) is 28.8 Å². The number of ether oxygens (including phenoxy) is 4. The summed E-state index contributed by atoms with van der Waals surface area (Å²) in [5.41, 5.74) is 2.42. The first-order valence-corrected chi connectivity index (χ1v) is 11.2. The number of rotatable bonds is 13. The Kier molecular flexibility index (Phi) is 9.47. The number of carbonyl (C=O) groups excluding carboxylic acids is 2. The van der Waals surface area contributed by atoms with Gasteiger partial charge in [-0.2, -0.15) is 5.10 Å². The highest BCUT2D eigenvalue weighted by Gasteiger charge is 2.16. The molecule has 0 saturated heterocycles. The van der Waals surface area contributed by atoms with E-state index >= 15 is 0 Å². The Balaban J connectivity index is 1.68. The fourth-order valence-corrected chi connectivity index (χ4v) is 3.37. The second kappa shape index (κ2) is 13.0. The van der Waals surface area contributed by atoms with Crippen molar-refractivity contribution in [3.63, 3.8) is 0 Å². The number of aromatic amines is 1. The van der Waals surface area contributed by atoms with Crippen molar-refractivity contribution in [3.8, 4) is 17.2 Å². The Hall–Kier alpha value is -4.31. The summed E-state index contributed by atoms with van der Waals surface area (Å²) in [6.45, 7) is 4.19. The van der Waals surface area contributed by atoms with E-state index in [1.165, 1.54) is 0 Å². The predicted molar refractivity (Wildman–Crippen MR) is 136 cm³/mol. The van der Waals surface area contributed by atoms with Crippen molar-refractivity contribution in [1.29, 1.82) is 0 Å². The number of methoxy groups -OCH3 is 3. The molecule has 0 saturated carbocycles. The molecule has 0 unspecified atom stereocenters. The Morgan fingerprint density at radius 3 is 2.36 bits per heavy atom. The van der Waals surface area contributed by atoms with Crippen LogP contribution in [0.15, 0.2) is 55.1 Å². The van der Waals surface area contributed by atoms with Crippen LogP contribution in [0.4, 0.5) is 11.5 Å². The summed E-state index contributed by atoms with van der Waals surface area (Å²) in [5, 5.41) is 12.5. The maximum Gasteiger partial charge on any atom is 0.258 e. The summed E-state index contributed by atoms with van der Waals surface area (Å²) in [6.07, 6.45) is 2.50. The second-order valence-corrected chi connectivity index (χ2v) is 7.70. The van der Waals surface area contributed by atoms with E-state index in [9.17, 15) is 9.59 Å². The zero-order valence-corrected chi connectivity index (χ0v) is 20.6. The number of anilines is 2. The lowest BCUT2D eigenvalue weighted by atomic mass is 10.1. The SMILES string of the molecule is C=CC(=O)Nc1cc(OCCOC)ccc1C(=O)Nc1cc(CCc2cc(OC)cc(OC)c2)[nH]n1. The van der Waals surface area contributed by atoms with Gasteiger partial charge in [0.15, 0.2) is 5.82 Å². The maximum absolute atomic E-state index is 13.0. The Morgan fingerprint density at radius 1 is 0.944 bits per heavy atom. The van der Waals surface area contributed by atoms with Crippen LogP contribution in [0.3, 0.4) is 0 Å². The molecule has 2 aromatic carbocycles. The van der Waals surface area contributed by atoms with Crippen LogP contribution in [-0.2, 0) is 22.4 Å². The third-order valence-corrected chi connectivity index (χ3v) is 5.20. The van der Waals surface area contributed by atoms with Gasteiger partial charge in [0.1, 0.15) is 23.9 Å². The third kappa shape index (κ3) is 7.34. The van der Waals surface area contributed by atoms with Gasteiger partial charge >= 0.3 is 0 Å². The fraction of sp³-hybridized carbons (Fsp3) is 0.269. The lowest BCUT2D eigenvalue weighted by Gasteiger charge is -2.12. The Bertz CT molecular complexity index is 1180. The summed E-state index contributed by atoms with van der Waals surface area (Å²) in [7, 11) is 4.79. The minimum atomic E-state index is -0.450. The summed E-state index contributed by atoms with van der Waals surface area (Å²) in [6, 6.07) is 12.3. The fourth-order valence-electron chi connectivity index (χ4n) is 3.37. The van der Waals surface area contributed by atoms with Crippen LogP contribution in [0.1, 0.15) is 21.6 Å². The molecule has 1 aromatic heterocycles. The number of hydrogen-bond donors (Lipinski definition) is 3. The van der Waals surface area contributed by atoms with Gasteiger partial charge in [0.2, 0.25) is 5.91 Å². The third-order valence-electron chi connectivity index (χ3n) is 5.20. The molecule has 0 fully saturated rings. The Labute approximate surface area is 209 Å².